The summed E-state index contributed by atoms with van der Waals surface area (Å²) in [7, 11) is 1.64. The third-order valence-electron chi connectivity index (χ3n) is 6.17. The van der Waals surface area contributed by atoms with E-state index >= 15 is 0 Å². The van der Waals surface area contributed by atoms with E-state index in [9.17, 15) is 14.4 Å². The highest BCUT2D eigenvalue weighted by Gasteiger charge is 2.19. The Labute approximate surface area is 186 Å². The number of aromatic nitrogens is 2. The van der Waals surface area contributed by atoms with Gasteiger partial charge >= 0.3 is 5.69 Å². The van der Waals surface area contributed by atoms with E-state index in [2.05, 4.69) is 20.1 Å². The molecule has 2 aromatic carbocycles. The molecule has 0 bridgehead atoms. The number of nitrogens with zero attached hydrogens (tertiary/aromatic N) is 3. The van der Waals surface area contributed by atoms with E-state index in [1.807, 2.05) is 43.3 Å². The Balaban J connectivity index is 1.44. The average Bonchev–Trinajstić information content (AvgIpc) is 2.79. The van der Waals surface area contributed by atoms with Crippen molar-refractivity contribution in [1.29, 1.82) is 0 Å². The van der Waals surface area contributed by atoms with Crippen LogP contribution in [0.25, 0.3) is 10.9 Å². The second-order valence-electron chi connectivity index (χ2n) is 8.20. The van der Waals surface area contributed by atoms with Crippen molar-refractivity contribution in [2.75, 3.05) is 38.1 Å². The number of rotatable bonds is 5. The third kappa shape index (κ3) is 4.18. The number of anilines is 1. The fraction of sp³-hybridized carbons (Fsp3) is 0.375. The Hall–Kier alpha value is -3.39. The Morgan fingerprint density at radius 2 is 1.81 bits per heavy atom. The van der Waals surface area contributed by atoms with Crippen LogP contribution in [0, 0.1) is 6.92 Å². The molecule has 1 aliphatic heterocycles. The number of carbonyl (C=O) groups is 1. The Kier molecular flexibility index (Phi) is 6.14. The molecule has 168 valence electrons. The van der Waals surface area contributed by atoms with Crippen LogP contribution in [0.2, 0.25) is 0 Å². The lowest BCUT2D eigenvalue weighted by Crippen LogP contribution is -2.46. The molecule has 3 aromatic rings. The molecule has 1 saturated heterocycles. The summed E-state index contributed by atoms with van der Waals surface area (Å²) >= 11 is 0. The predicted octanol–water partition coefficient (Wildman–Crippen LogP) is 1.70. The van der Waals surface area contributed by atoms with Crippen LogP contribution in [-0.2, 0) is 13.1 Å². The SMILES string of the molecule is CCn1c(=O)[nH]c2cc(CN3CCN(c4ccc(C(=O)NC)cc4C)CC3)ccc2c1=O. The molecule has 32 heavy (non-hydrogen) atoms. The molecule has 0 unspecified atom stereocenters. The number of nitrogens with one attached hydrogen (secondary N) is 2. The van der Waals surface area contributed by atoms with Crippen molar-refractivity contribution in [3.05, 3.63) is 73.9 Å². The first kappa shape index (κ1) is 21.8. The summed E-state index contributed by atoms with van der Waals surface area (Å²) in [6.07, 6.45) is 0. The molecule has 8 nitrogen and oxygen atoms in total. The number of fused-ring (bicyclic) bond motifs is 1. The Morgan fingerprint density at radius 1 is 1.06 bits per heavy atom. The summed E-state index contributed by atoms with van der Waals surface area (Å²) in [6.45, 7) is 8.54. The second-order valence-corrected chi connectivity index (χ2v) is 8.20. The van der Waals surface area contributed by atoms with Crippen LogP contribution in [-0.4, -0.2) is 53.6 Å². The molecule has 0 atom stereocenters. The highest BCUT2D eigenvalue weighted by molar-refractivity contribution is 5.94. The molecule has 2 N–H and O–H groups in total. The number of carbonyl (C=O) groups excluding carboxylic acids is 1. The minimum atomic E-state index is -0.367. The number of hydrogen-bond donors (Lipinski definition) is 2. The fourth-order valence-corrected chi connectivity index (χ4v) is 4.39. The molecule has 0 saturated carbocycles. The second kappa shape index (κ2) is 9.00. The summed E-state index contributed by atoms with van der Waals surface area (Å²) in [5.74, 6) is -0.0742. The van der Waals surface area contributed by atoms with Crippen molar-refractivity contribution in [2.24, 2.45) is 0 Å². The van der Waals surface area contributed by atoms with Crippen molar-refractivity contribution >= 4 is 22.5 Å². The number of H-pyrrole nitrogens is 1. The largest absolute Gasteiger partial charge is 0.369 e. The number of piperazine rings is 1. The molecule has 2 heterocycles. The fourth-order valence-electron chi connectivity index (χ4n) is 4.39. The number of benzene rings is 2. The van der Waals surface area contributed by atoms with E-state index in [0.717, 1.165) is 49.5 Å². The maximum Gasteiger partial charge on any atom is 0.328 e. The van der Waals surface area contributed by atoms with Crippen LogP contribution in [0.5, 0.6) is 0 Å². The Morgan fingerprint density at radius 3 is 2.47 bits per heavy atom. The van der Waals surface area contributed by atoms with E-state index < -0.39 is 0 Å². The summed E-state index contributed by atoms with van der Waals surface area (Å²) in [6, 6.07) is 11.5. The molecular weight excluding hydrogens is 406 g/mol. The lowest BCUT2D eigenvalue weighted by Gasteiger charge is -2.37. The molecule has 8 heteroatoms. The molecule has 0 radical (unpaired) electrons. The van der Waals surface area contributed by atoms with E-state index in [0.29, 0.717) is 23.0 Å². The van der Waals surface area contributed by atoms with Crippen molar-refractivity contribution in [3.63, 3.8) is 0 Å². The monoisotopic (exact) mass is 435 g/mol. The molecule has 0 aliphatic carbocycles. The zero-order valence-electron chi connectivity index (χ0n) is 18.8. The van der Waals surface area contributed by atoms with Gasteiger partial charge in [0, 0.05) is 57.6 Å². The van der Waals surface area contributed by atoms with Gasteiger partial charge in [-0.2, -0.15) is 0 Å². The maximum absolute atomic E-state index is 12.5. The third-order valence-corrected chi connectivity index (χ3v) is 6.17. The topological polar surface area (TPSA) is 90.4 Å². The van der Waals surface area contributed by atoms with Gasteiger partial charge in [0.1, 0.15) is 0 Å². The van der Waals surface area contributed by atoms with Gasteiger partial charge in [0.2, 0.25) is 0 Å². The summed E-state index contributed by atoms with van der Waals surface area (Å²) in [5.41, 5.74) is 3.97. The lowest BCUT2D eigenvalue weighted by atomic mass is 10.1. The first-order valence-electron chi connectivity index (χ1n) is 11.0. The van der Waals surface area contributed by atoms with Crippen molar-refractivity contribution in [1.82, 2.24) is 19.8 Å². The minimum Gasteiger partial charge on any atom is -0.369 e. The van der Waals surface area contributed by atoms with Gasteiger partial charge in [0.25, 0.3) is 11.5 Å². The van der Waals surface area contributed by atoms with Gasteiger partial charge in [0.05, 0.1) is 10.9 Å². The molecule has 1 aromatic heterocycles. The molecule has 1 aliphatic rings. The van der Waals surface area contributed by atoms with Crippen LogP contribution in [0.1, 0.15) is 28.4 Å². The van der Waals surface area contributed by atoms with Crippen LogP contribution >= 0.6 is 0 Å². The predicted molar refractivity (Wildman–Crippen MR) is 127 cm³/mol. The smallest absolute Gasteiger partial charge is 0.328 e. The van der Waals surface area contributed by atoms with Gasteiger partial charge < -0.3 is 15.2 Å². The minimum absolute atomic E-state index is 0.0742. The normalized spacial score (nSPS) is 14.7. The first-order valence-corrected chi connectivity index (χ1v) is 11.0. The van der Waals surface area contributed by atoms with Crippen molar-refractivity contribution < 1.29 is 4.79 Å². The van der Waals surface area contributed by atoms with E-state index in [1.54, 1.807) is 14.0 Å². The van der Waals surface area contributed by atoms with E-state index in [4.69, 9.17) is 0 Å². The summed E-state index contributed by atoms with van der Waals surface area (Å²) in [4.78, 5) is 44.0. The van der Waals surface area contributed by atoms with Gasteiger partial charge in [-0.3, -0.25) is 19.1 Å². The van der Waals surface area contributed by atoms with Gasteiger partial charge in [-0.25, -0.2) is 4.79 Å². The van der Waals surface area contributed by atoms with Gasteiger partial charge in [-0.1, -0.05) is 6.07 Å². The molecule has 1 amide bonds. The molecule has 1 fully saturated rings. The number of amides is 1. The van der Waals surface area contributed by atoms with Crippen LogP contribution in [0.4, 0.5) is 5.69 Å². The highest BCUT2D eigenvalue weighted by atomic mass is 16.2. The van der Waals surface area contributed by atoms with Crippen molar-refractivity contribution in [2.45, 2.75) is 26.9 Å². The standard InChI is InChI=1S/C24H29N5O3/c1-4-29-23(31)19-7-5-17(14-20(19)26-24(29)32)15-27-9-11-28(12-10-27)21-8-6-18(13-16(21)2)22(30)25-3/h5-8,13-14H,4,9-12,15H2,1-3H3,(H,25,30)(H,26,32). The Bertz CT molecular complexity index is 1270. The first-order chi connectivity index (χ1) is 15.4. The summed E-state index contributed by atoms with van der Waals surface area (Å²) in [5, 5.41) is 3.20. The van der Waals surface area contributed by atoms with Gasteiger partial charge in [0.15, 0.2) is 0 Å². The highest BCUT2D eigenvalue weighted by Crippen LogP contribution is 2.23. The quantitative estimate of drug-likeness (QED) is 0.637. The molecule has 0 spiro atoms. The van der Waals surface area contributed by atoms with E-state index in [-0.39, 0.29) is 17.2 Å². The van der Waals surface area contributed by atoms with Gasteiger partial charge in [-0.05, 0) is 55.3 Å². The zero-order chi connectivity index (χ0) is 22.8. The number of aromatic amines is 1. The van der Waals surface area contributed by atoms with Crippen LogP contribution in [0.3, 0.4) is 0 Å². The maximum atomic E-state index is 12.5. The van der Waals surface area contributed by atoms with Crippen LogP contribution in [0.15, 0.2) is 46.0 Å². The lowest BCUT2D eigenvalue weighted by molar-refractivity contribution is 0.0963. The zero-order valence-corrected chi connectivity index (χ0v) is 18.8. The van der Waals surface area contributed by atoms with Gasteiger partial charge in [-0.15, -0.1) is 0 Å². The molecular formula is C24H29N5O3. The number of aryl methyl sites for hydroxylation is 1. The van der Waals surface area contributed by atoms with Crippen molar-refractivity contribution in [3.8, 4) is 0 Å². The number of hydrogen-bond acceptors (Lipinski definition) is 5. The molecule has 4 rings (SSSR count). The average molecular weight is 436 g/mol. The van der Waals surface area contributed by atoms with Crippen LogP contribution < -0.4 is 21.5 Å². The summed E-state index contributed by atoms with van der Waals surface area (Å²) < 4.78 is 1.21. The van der Waals surface area contributed by atoms with E-state index in [1.165, 1.54) is 4.57 Å².